The Balaban J connectivity index is 1.21. The molecule has 7 nitrogen and oxygen atoms in total. The number of nitrogens with zero attached hydrogens (tertiary/aromatic N) is 2. The molecular weight excluding hydrogens is 517 g/mol. The van der Waals surface area contributed by atoms with Gasteiger partial charge in [0.1, 0.15) is 11.5 Å². The molecule has 9 heteroatoms. The summed E-state index contributed by atoms with van der Waals surface area (Å²) in [4.78, 5) is 32.1. The number of aryl methyl sites for hydroxylation is 1. The number of hydrogen-bond acceptors (Lipinski definition) is 5. The quantitative estimate of drug-likeness (QED) is 0.341. The second-order valence-corrected chi connectivity index (χ2v) is 11.9. The number of rotatable bonds is 5. The van der Waals surface area contributed by atoms with E-state index in [-0.39, 0.29) is 22.3 Å². The number of piperidine rings is 1. The van der Waals surface area contributed by atoms with Crippen molar-refractivity contribution in [2.24, 2.45) is 0 Å². The standard InChI is InChI=1S/C30H28FN3O4S/c1-19-17-28(33-27-6-4-3-5-24(19)27)30(36)34-15-13-21(14-16-34)20-7-9-22(10-8-20)32-29(35)25-18-23(39(2,37)38)11-12-26(25)31/h3-12,17-18,21H,13-16H2,1-2H3,(H,32,35). The number of anilines is 1. The third-order valence-corrected chi connectivity index (χ3v) is 8.29. The van der Waals surface area contributed by atoms with Crippen molar-refractivity contribution in [3.8, 4) is 0 Å². The second kappa shape index (κ2) is 10.6. The minimum absolute atomic E-state index is 0.0625. The van der Waals surface area contributed by atoms with E-state index in [2.05, 4.69) is 10.3 Å². The minimum atomic E-state index is -3.58. The van der Waals surface area contributed by atoms with Gasteiger partial charge >= 0.3 is 0 Å². The number of pyridine rings is 1. The summed E-state index contributed by atoms with van der Waals surface area (Å²) >= 11 is 0. The highest BCUT2D eigenvalue weighted by Gasteiger charge is 2.26. The lowest BCUT2D eigenvalue weighted by Gasteiger charge is -2.32. The molecule has 0 unspecified atom stereocenters. The number of para-hydroxylation sites is 1. The Labute approximate surface area is 226 Å². The van der Waals surface area contributed by atoms with E-state index in [4.69, 9.17) is 0 Å². The topological polar surface area (TPSA) is 96.4 Å². The van der Waals surface area contributed by atoms with Gasteiger partial charge in [0.2, 0.25) is 0 Å². The largest absolute Gasteiger partial charge is 0.337 e. The highest BCUT2D eigenvalue weighted by Crippen LogP contribution is 2.30. The van der Waals surface area contributed by atoms with E-state index >= 15 is 0 Å². The van der Waals surface area contributed by atoms with Gasteiger partial charge in [0.25, 0.3) is 11.8 Å². The Morgan fingerprint density at radius 3 is 2.36 bits per heavy atom. The molecule has 1 saturated heterocycles. The Bertz CT molecular complexity index is 1680. The lowest BCUT2D eigenvalue weighted by atomic mass is 9.89. The van der Waals surface area contributed by atoms with Crippen molar-refractivity contribution < 1.29 is 22.4 Å². The number of nitrogens with one attached hydrogen (secondary N) is 1. The Kier molecular flexibility index (Phi) is 7.18. The number of amides is 2. The fourth-order valence-corrected chi connectivity index (χ4v) is 5.63. The van der Waals surface area contributed by atoms with Crippen molar-refractivity contribution in [2.45, 2.75) is 30.6 Å². The first-order chi connectivity index (χ1) is 18.6. The number of benzene rings is 3. The van der Waals surface area contributed by atoms with Crippen LogP contribution < -0.4 is 5.32 Å². The monoisotopic (exact) mass is 545 g/mol. The molecule has 1 aliphatic heterocycles. The van der Waals surface area contributed by atoms with E-state index < -0.39 is 21.6 Å². The van der Waals surface area contributed by atoms with Crippen LogP contribution in [-0.4, -0.2) is 49.5 Å². The Hall–Kier alpha value is -4.11. The molecule has 4 aromatic rings. The van der Waals surface area contributed by atoms with Crippen LogP contribution in [0.2, 0.25) is 0 Å². The predicted octanol–water partition coefficient (Wildman–Crippen LogP) is 5.36. The second-order valence-electron chi connectivity index (χ2n) is 9.90. The van der Waals surface area contributed by atoms with Crippen LogP contribution in [0.1, 0.15) is 50.7 Å². The molecule has 0 aliphatic carbocycles. The number of fused-ring (bicyclic) bond motifs is 1. The molecule has 1 aliphatic rings. The summed E-state index contributed by atoms with van der Waals surface area (Å²) in [5.41, 5.74) is 3.52. The van der Waals surface area contributed by atoms with Crippen LogP contribution >= 0.6 is 0 Å². The minimum Gasteiger partial charge on any atom is -0.337 e. The molecule has 1 aromatic heterocycles. The van der Waals surface area contributed by atoms with E-state index in [1.54, 1.807) is 12.1 Å². The van der Waals surface area contributed by atoms with Crippen molar-refractivity contribution in [3.63, 3.8) is 0 Å². The number of hydrogen-bond donors (Lipinski definition) is 1. The van der Waals surface area contributed by atoms with Gasteiger partial charge in [-0.05, 0) is 79.3 Å². The zero-order valence-electron chi connectivity index (χ0n) is 21.6. The molecular formula is C30H28FN3O4S. The average Bonchev–Trinajstić information content (AvgIpc) is 2.92. The van der Waals surface area contributed by atoms with Gasteiger partial charge < -0.3 is 10.2 Å². The van der Waals surface area contributed by atoms with Gasteiger partial charge in [0, 0.05) is 30.4 Å². The highest BCUT2D eigenvalue weighted by molar-refractivity contribution is 7.90. The summed E-state index contributed by atoms with van der Waals surface area (Å²) in [5.74, 6) is -1.33. The molecule has 200 valence electrons. The third-order valence-electron chi connectivity index (χ3n) is 7.17. The summed E-state index contributed by atoms with van der Waals surface area (Å²) in [6, 6.07) is 20.1. The van der Waals surface area contributed by atoms with Gasteiger partial charge in [-0.2, -0.15) is 0 Å². The molecule has 2 amide bonds. The van der Waals surface area contributed by atoms with Crippen molar-refractivity contribution >= 4 is 38.2 Å². The van der Waals surface area contributed by atoms with Crippen LogP contribution in [0.15, 0.2) is 77.7 Å². The lowest BCUT2D eigenvalue weighted by Crippen LogP contribution is -2.38. The maximum atomic E-state index is 14.2. The first-order valence-electron chi connectivity index (χ1n) is 12.7. The summed E-state index contributed by atoms with van der Waals surface area (Å²) in [7, 11) is -3.58. The fourth-order valence-electron chi connectivity index (χ4n) is 4.98. The van der Waals surface area contributed by atoms with Crippen molar-refractivity contribution in [2.75, 3.05) is 24.7 Å². The van der Waals surface area contributed by atoms with Crippen LogP contribution in [0, 0.1) is 12.7 Å². The normalized spacial score (nSPS) is 14.4. The molecule has 0 atom stereocenters. The van der Waals surface area contributed by atoms with Crippen molar-refractivity contribution in [1.29, 1.82) is 0 Å². The van der Waals surface area contributed by atoms with Gasteiger partial charge in [-0.1, -0.05) is 30.3 Å². The maximum absolute atomic E-state index is 14.2. The van der Waals surface area contributed by atoms with E-state index in [0.29, 0.717) is 24.5 Å². The zero-order chi connectivity index (χ0) is 27.7. The molecule has 2 heterocycles. The molecule has 1 fully saturated rings. The van der Waals surface area contributed by atoms with Crippen LogP contribution in [-0.2, 0) is 9.84 Å². The van der Waals surface area contributed by atoms with Gasteiger partial charge in [0.15, 0.2) is 9.84 Å². The molecule has 0 bridgehead atoms. The molecule has 5 rings (SSSR count). The molecule has 0 spiro atoms. The number of sulfone groups is 1. The van der Waals surface area contributed by atoms with E-state index in [1.807, 2.05) is 54.3 Å². The summed E-state index contributed by atoms with van der Waals surface area (Å²) in [6.07, 6.45) is 2.60. The van der Waals surface area contributed by atoms with E-state index in [9.17, 15) is 22.4 Å². The van der Waals surface area contributed by atoms with E-state index in [0.717, 1.165) is 59.3 Å². The first kappa shape index (κ1) is 26.5. The molecule has 1 N–H and O–H groups in total. The summed E-state index contributed by atoms with van der Waals surface area (Å²) < 4.78 is 37.8. The lowest BCUT2D eigenvalue weighted by molar-refractivity contribution is 0.0707. The number of aromatic nitrogens is 1. The van der Waals surface area contributed by atoms with Crippen LogP contribution in [0.5, 0.6) is 0 Å². The summed E-state index contributed by atoms with van der Waals surface area (Å²) in [6.45, 7) is 3.22. The Morgan fingerprint density at radius 2 is 1.67 bits per heavy atom. The number of carbonyl (C=O) groups is 2. The smallest absolute Gasteiger partial charge is 0.272 e. The number of halogens is 1. The predicted molar refractivity (Wildman–Crippen MR) is 148 cm³/mol. The van der Waals surface area contributed by atoms with Gasteiger partial charge in [-0.3, -0.25) is 9.59 Å². The first-order valence-corrected chi connectivity index (χ1v) is 14.6. The SMILES string of the molecule is Cc1cc(C(=O)N2CCC(c3ccc(NC(=O)c4cc(S(C)(=O)=O)ccc4F)cc3)CC2)nc2ccccc12. The van der Waals surface area contributed by atoms with Crippen LogP contribution in [0.4, 0.5) is 10.1 Å². The molecule has 0 saturated carbocycles. The molecule has 39 heavy (non-hydrogen) atoms. The van der Waals surface area contributed by atoms with Crippen LogP contribution in [0.3, 0.4) is 0 Å². The van der Waals surface area contributed by atoms with Crippen molar-refractivity contribution in [1.82, 2.24) is 9.88 Å². The highest BCUT2D eigenvalue weighted by atomic mass is 32.2. The Morgan fingerprint density at radius 1 is 0.974 bits per heavy atom. The zero-order valence-corrected chi connectivity index (χ0v) is 22.5. The van der Waals surface area contributed by atoms with Crippen LogP contribution in [0.25, 0.3) is 10.9 Å². The fraction of sp³-hybridized carbons (Fsp3) is 0.233. The van der Waals surface area contributed by atoms with Gasteiger partial charge in [0.05, 0.1) is 16.0 Å². The molecule has 3 aromatic carbocycles. The van der Waals surface area contributed by atoms with Gasteiger partial charge in [-0.15, -0.1) is 0 Å². The third kappa shape index (κ3) is 5.68. The number of carbonyl (C=O) groups excluding carboxylic acids is 2. The maximum Gasteiger partial charge on any atom is 0.272 e. The molecule has 0 radical (unpaired) electrons. The van der Waals surface area contributed by atoms with E-state index in [1.165, 1.54) is 0 Å². The summed E-state index contributed by atoms with van der Waals surface area (Å²) in [5, 5.41) is 3.67. The van der Waals surface area contributed by atoms with Gasteiger partial charge in [-0.25, -0.2) is 17.8 Å². The average molecular weight is 546 g/mol. The van der Waals surface area contributed by atoms with Crippen molar-refractivity contribution in [3.05, 3.63) is 101 Å². The number of likely N-dealkylation sites (tertiary alicyclic amines) is 1.